The first kappa shape index (κ1) is 27.5. The van der Waals surface area contributed by atoms with E-state index in [1.54, 1.807) is 6.07 Å². The minimum Gasteiger partial charge on any atom is -0.493 e. The number of piperidine rings is 1. The van der Waals surface area contributed by atoms with Gasteiger partial charge in [-0.25, -0.2) is 4.79 Å². The number of methoxy groups -OCH3 is 1. The highest BCUT2D eigenvalue weighted by atomic mass is 16.7. The number of aliphatic carboxylic acids is 1. The summed E-state index contributed by atoms with van der Waals surface area (Å²) in [7, 11) is 1.44. The average molecular weight is 542 g/mol. The molecule has 5 rings (SSSR count). The lowest BCUT2D eigenvalue weighted by atomic mass is 9.84. The van der Waals surface area contributed by atoms with Crippen LogP contribution >= 0.6 is 0 Å². The van der Waals surface area contributed by atoms with Crippen molar-refractivity contribution in [2.75, 3.05) is 20.2 Å². The van der Waals surface area contributed by atoms with E-state index in [9.17, 15) is 30.0 Å². The first-order chi connectivity index (χ1) is 18.7. The van der Waals surface area contributed by atoms with Gasteiger partial charge in [0.15, 0.2) is 23.4 Å². The average Bonchev–Trinajstić information content (AvgIpc) is 3.23. The molecule has 0 spiro atoms. The van der Waals surface area contributed by atoms with E-state index in [1.165, 1.54) is 18.7 Å². The van der Waals surface area contributed by atoms with Crippen LogP contribution in [-0.2, 0) is 16.1 Å². The van der Waals surface area contributed by atoms with Gasteiger partial charge in [-0.05, 0) is 67.4 Å². The number of carbonyl (C=O) groups is 2. The van der Waals surface area contributed by atoms with Gasteiger partial charge >= 0.3 is 5.97 Å². The Morgan fingerprint density at radius 3 is 2.41 bits per heavy atom. The first-order valence-corrected chi connectivity index (χ1v) is 13.4. The molecule has 2 unspecified atom stereocenters. The zero-order valence-corrected chi connectivity index (χ0v) is 21.8. The molecular formula is C29H35NO9. The van der Waals surface area contributed by atoms with Crippen LogP contribution in [0, 0.1) is 5.92 Å². The monoisotopic (exact) mass is 541 g/mol. The number of carboxylic acid groups (broad SMARTS) is 1. The summed E-state index contributed by atoms with van der Waals surface area (Å²) in [5, 5.41) is 39.7. The van der Waals surface area contributed by atoms with Gasteiger partial charge in [-0.15, -0.1) is 0 Å². The third-order valence-electron chi connectivity index (χ3n) is 8.14. The molecule has 0 aromatic heterocycles. The molecule has 0 amide bonds. The molecule has 2 heterocycles. The Bertz CT molecular complexity index is 1180. The summed E-state index contributed by atoms with van der Waals surface area (Å²) in [6.07, 6.45) is -5.30. The minimum atomic E-state index is -1.83. The summed E-state index contributed by atoms with van der Waals surface area (Å²) in [6, 6.07) is 13.7. The Hall–Kier alpha value is -3.02. The van der Waals surface area contributed by atoms with Crippen LogP contribution in [0.5, 0.6) is 11.5 Å². The van der Waals surface area contributed by atoms with Gasteiger partial charge < -0.3 is 34.6 Å². The molecule has 3 aliphatic rings. The number of Topliss-reactive ketones (excluding diaryl/α,β-unsaturated/α-hetero) is 1. The SMILES string of the molecule is COc1cc2c(cc1OC1O[C@H](C(=O)O)[C@@H](O)[C@H](O)[C@H]1O)C(=O)CC2CC1CCN(Cc2ccccc2)CC1. The standard InChI is InChI=1S/C29H35NO9/c1-37-22-13-19-18(11-16-7-9-30(10-8-16)15-17-5-3-2-4-6-17)12-21(31)20(19)14-23(22)38-29-26(34)24(32)25(33)27(39-29)28(35)36/h2-6,13-14,16,18,24-27,29,32-34H,7-12,15H2,1H3,(H,35,36)/t18?,24-,25-,26+,27-,29?/m0/s1. The van der Waals surface area contributed by atoms with Crippen molar-refractivity contribution in [3.05, 3.63) is 59.2 Å². The van der Waals surface area contributed by atoms with Crippen LogP contribution < -0.4 is 9.47 Å². The number of likely N-dealkylation sites (tertiary alicyclic amines) is 1. The summed E-state index contributed by atoms with van der Waals surface area (Å²) in [5.41, 5.74) is 2.70. The first-order valence-electron chi connectivity index (χ1n) is 13.4. The molecule has 2 aromatic rings. The summed E-state index contributed by atoms with van der Waals surface area (Å²) in [4.78, 5) is 26.9. The van der Waals surface area contributed by atoms with Gasteiger partial charge in [0.1, 0.15) is 18.3 Å². The Kier molecular flexibility index (Phi) is 8.20. The third kappa shape index (κ3) is 5.80. The third-order valence-corrected chi connectivity index (χ3v) is 8.14. The zero-order chi connectivity index (χ0) is 27.7. The maximum atomic E-state index is 13.0. The Morgan fingerprint density at radius 2 is 1.74 bits per heavy atom. The van der Waals surface area contributed by atoms with E-state index >= 15 is 0 Å². The molecule has 10 heteroatoms. The molecule has 0 radical (unpaired) electrons. The quantitative estimate of drug-likeness (QED) is 0.391. The molecule has 2 aliphatic heterocycles. The van der Waals surface area contributed by atoms with E-state index in [0.29, 0.717) is 23.7 Å². The van der Waals surface area contributed by atoms with E-state index < -0.39 is 36.7 Å². The lowest BCUT2D eigenvalue weighted by molar-refractivity contribution is -0.271. The van der Waals surface area contributed by atoms with Crippen molar-refractivity contribution in [3.8, 4) is 11.5 Å². The van der Waals surface area contributed by atoms with Crippen molar-refractivity contribution < 1.29 is 44.2 Å². The Balaban J connectivity index is 1.26. The second-order valence-corrected chi connectivity index (χ2v) is 10.7. The fourth-order valence-electron chi connectivity index (χ4n) is 5.96. The van der Waals surface area contributed by atoms with Crippen molar-refractivity contribution in [1.82, 2.24) is 4.90 Å². The summed E-state index contributed by atoms with van der Waals surface area (Å²) in [5.74, 6) is -0.578. The van der Waals surface area contributed by atoms with Crippen molar-refractivity contribution in [2.24, 2.45) is 5.92 Å². The molecule has 0 saturated carbocycles. The largest absolute Gasteiger partial charge is 0.493 e. The van der Waals surface area contributed by atoms with Crippen LogP contribution in [0.15, 0.2) is 42.5 Å². The number of nitrogens with zero attached hydrogens (tertiary/aromatic N) is 1. The second-order valence-electron chi connectivity index (χ2n) is 10.7. The molecule has 4 N–H and O–H groups in total. The van der Waals surface area contributed by atoms with Crippen LogP contribution in [0.25, 0.3) is 0 Å². The molecule has 2 saturated heterocycles. The highest BCUT2D eigenvalue weighted by molar-refractivity contribution is 6.02. The zero-order valence-electron chi connectivity index (χ0n) is 21.8. The number of hydrogen-bond acceptors (Lipinski definition) is 9. The highest BCUT2D eigenvalue weighted by Crippen LogP contribution is 2.44. The van der Waals surface area contributed by atoms with Gasteiger partial charge in [-0.1, -0.05) is 30.3 Å². The topological polar surface area (TPSA) is 146 Å². The molecule has 210 valence electrons. The van der Waals surface area contributed by atoms with Gasteiger partial charge in [0.05, 0.1) is 7.11 Å². The fraction of sp³-hybridized carbons (Fsp3) is 0.517. The molecule has 0 bridgehead atoms. The maximum absolute atomic E-state index is 13.0. The Labute approximate surface area is 226 Å². The molecule has 1 aliphatic carbocycles. The second kappa shape index (κ2) is 11.6. The Morgan fingerprint density at radius 1 is 1.03 bits per heavy atom. The van der Waals surface area contributed by atoms with Gasteiger partial charge in [0.25, 0.3) is 0 Å². The summed E-state index contributed by atoms with van der Waals surface area (Å²) >= 11 is 0. The number of fused-ring (bicyclic) bond motifs is 1. The lowest BCUT2D eigenvalue weighted by Crippen LogP contribution is -2.61. The minimum absolute atomic E-state index is 0.0204. The predicted molar refractivity (Wildman–Crippen MR) is 139 cm³/mol. The lowest BCUT2D eigenvalue weighted by Gasteiger charge is -2.38. The number of ether oxygens (including phenoxy) is 3. The molecule has 39 heavy (non-hydrogen) atoms. The number of carboxylic acids is 1. The van der Waals surface area contributed by atoms with Gasteiger partial charge in [0, 0.05) is 18.5 Å². The fourth-order valence-corrected chi connectivity index (χ4v) is 5.96. The number of rotatable bonds is 8. The van der Waals surface area contributed by atoms with E-state index in [4.69, 9.17) is 14.2 Å². The van der Waals surface area contributed by atoms with Gasteiger partial charge in [0.2, 0.25) is 6.29 Å². The highest BCUT2D eigenvalue weighted by Gasteiger charge is 2.48. The smallest absolute Gasteiger partial charge is 0.335 e. The van der Waals surface area contributed by atoms with Crippen LogP contribution in [-0.4, -0.2) is 88.0 Å². The molecule has 2 aromatic carbocycles. The van der Waals surface area contributed by atoms with Crippen LogP contribution in [0.3, 0.4) is 0 Å². The maximum Gasteiger partial charge on any atom is 0.335 e. The van der Waals surface area contributed by atoms with E-state index in [0.717, 1.165) is 44.5 Å². The molecule has 10 nitrogen and oxygen atoms in total. The normalized spacial score (nSPS) is 29.7. The van der Waals surface area contributed by atoms with Gasteiger partial charge in [-0.3, -0.25) is 9.69 Å². The van der Waals surface area contributed by atoms with Crippen LogP contribution in [0.2, 0.25) is 0 Å². The van der Waals surface area contributed by atoms with Crippen molar-refractivity contribution in [3.63, 3.8) is 0 Å². The van der Waals surface area contributed by atoms with Crippen molar-refractivity contribution in [1.29, 1.82) is 0 Å². The van der Waals surface area contributed by atoms with Crippen LogP contribution in [0.1, 0.15) is 53.1 Å². The number of aliphatic hydroxyl groups excluding tert-OH is 3. The number of benzene rings is 2. The van der Waals surface area contributed by atoms with E-state index in [2.05, 4.69) is 29.2 Å². The summed E-state index contributed by atoms with van der Waals surface area (Å²) < 4.78 is 16.5. The van der Waals surface area contributed by atoms with Crippen LogP contribution in [0.4, 0.5) is 0 Å². The predicted octanol–water partition coefficient (Wildman–Crippen LogP) is 1.94. The number of carbonyl (C=O) groups excluding carboxylic acids is 1. The van der Waals surface area contributed by atoms with Crippen molar-refractivity contribution in [2.45, 2.75) is 68.9 Å². The number of ketones is 1. The molecule has 6 atom stereocenters. The number of aliphatic hydroxyl groups is 3. The number of hydrogen-bond donors (Lipinski definition) is 4. The molecule has 2 fully saturated rings. The van der Waals surface area contributed by atoms with Gasteiger partial charge in [-0.2, -0.15) is 0 Å². The van der Waals surface area contributed by atoms with E-state index in [1.807, 2.05) is 6.07 Å². The molecular weight excluding hydrogens is 506 g/mol. The van der Waals surface area contributed by atoms with E-state index in [-0.39, 0.29) is 17.5 Å². The van der Waals surface area contributed by atoms with Crippen molar-refractivity contribution >= 4 is 11.8 Å². The summed E-state index contributed by atoms with van der Waals surface area (Å²) in [6.45, 7) is 2.98.